The van der Waals surface area contributed by atoms with Crippen LogP contribution in [0.25, 0.3) is 0 Å². The van der Waals surface area contributed by atoms with Gasteiger partial charge in [-0.2, -0.15) is 4.31 Å². The fraction of sp³-hybridized carbons (Fsp3) is 0.333. The summed E-state index contributed by atoms with van der Waals surface area (Å²) >= 11 is 0. The lowest BCUT2D eigenvalue weighted by atomic mass is 9.97. The second-order valence-electron chi connectivity index (χ2n) is 6.26. The van der Waals surface area contributed by atoms with Gasteiger partial charge >= 0.3 is 0 Å². The van der Waals surface area contributed by atoms with E-state index in [-0.39, 0.29) is 29.8 Å². The minimum absolute atomic E-state index is 0.175. The van der Waals surface area contributed by atoms with Crippen LogP contribution in [0.15, 0.2) is 47.4 Å². The Hall–Kier alpha value is -2.32. The number of hydrogen-bond donors (Lipinski definition) is 1. The molecule has 0 bridgehead atoms. The average molecular weight is 377 g/mol. The Morgan fingerprint density at radius 1 is 1.15 bits per heavy atom. The molecule has 0 unspecified atom stereocenters. The summed E-state index contributed by atoms with van der Waals surface area (Å²) in [5, 5.41) is 2.77. The van der Waals surface area contributed by atoms with E-state index >= 15 is 0 Å². The maximum absolute atomic E-state index is 13.8. The molecule has 2 heterocycles. The monoisotopic (exact) mass is 377 g/mol. The van der Waals surface area contributed by atoms with Gasteiger partial charge in [0, 0.05) is 24.7 Å². The molecule has 0 spiro atoms. The standard InChI is InChI=1S/C18H20FN3O3S/c1-13-5-4-8-17(20-13)21-18(23)14-9-11-22(12-10-14)26(24,25)16-7-3-2-6-15(16)19/h2-8,14H,9-12H2,1H3,(H,20,21,23). The van der Waals surface area contributed by atoms with Crippen molar-refractivity contribution in [1.29, 1.82) is 0 Å². The molecule has 1 N–H and O–H groups in total. The van der Waals surface area contributed by atoms with Gasteiger partial charge in [0.05, 0.1) is 0 Å². The van der Waals surface area contributed by atoms with E-state index in [1.54, 1.807) is 6.07 Å². The number of carbonyl (C=O) groups is 1. The number of pyridine rings is 1. The highest BCUT2D eigenvalue weighted by Crippen LogP contribution is 2.26. The summed E-state index contributed by atoms with van der Waals surface area (Å²) < 4.78 is 40.3. The van der Waals surface area contributed by atoms with Crippen LogP contribution in [-0.4, -0.2) is 36.7 Å². The summed E-state index contributed by atoms with van der Waals surface area (Å²) in [5.74, 6) is -0.760. The van der Waals surface area contributed by atoms with Gasteiger partial charge < -0.3 is 5.32 Å². The van der Waals surface area contributed by atoms with Crippen LogP contribution in [0.1, 0.15) is 18.5 Å². The summed E-state index contributed by atoms with van der Waals surface area (Å²) in [6.45, 7) is 2.19. The Morgan fingerprint density at radius 3 is 2.50 bits per heavy atom. The number of sulfonamides is 1. The maximum Gasteiger partial charge on any atom is 0.245 e. The van der Waals surface area contributed by atoms with Crippen LogP contribution in [0, 0.1) is 18.7 Å². The first-order valence-electron chi connectivity index (χ1n) is 8.37. The molecule has 8 heteroatoms. The van der Waals surface area contributed by atoms with Crippen LogP contribution < -0.4 is 5.32 Å². The summed E-state index contributed by atoms with van der Waals surface area (Å²) in [6.07, 6.45) is 0.761. The van der Waals surface area contributed by atoms with E-state index in [0.29, 0.717) is 18.7 Å². The van der Waals surface area contributed by atoms with Gasteiger partial charge in [0.1, 0.15) is 16.5 Å². The number of nitrogens with zero attached hydrogens (tertiary/aromatic N) is 2. The zero-order valence-electron chi connectivity index (χ0n) is 14.4. The molecule has 0 atom stereocenters. The van der Waals surface area contributed by atoms with Gasteiger partial charge in [-0.3, -0.25) is 4.79 Å². The summed E-state index contributed by atoms with van der Waals surface area (Å²) in [4.78, 5) is 16.3. The molecule has 1 aromatic carbocycles. The van der Waals surface area contributed by atoms with Crippen LogP contribution in [0.4, 0.5) is 10.2 Å². The Kier molecular flexibility index (Phi) is 5.33. The van der Waals surface area contributed by atoms with E-state index in [2.05, 4.69) is 10.3 Å². The second kappa shape index (κ2) is 7.51. The van der Waals surface area contributed by atoms with Gasteiger partial charge in [0.2, 0.25) is 15.9 Å². The number of halogens is 1. The van der Waals surface area contributed by atoms with Gasteiger partial charge in [0.25, 0.3) is 0 Å². The molecule has 26 heavy (non-hydrogen) atoms. The SMILES string of the molecule is Cc1cccc(NC(=O)C2CCN(S(=O)(=O)c3ccccc3F)CC2)n1. The van der Waals surface area contributed by atoms with Crippen LogP contribution in [0.5, 0.6) is 0 Å². The Bertz CT molecular complexity index is 909. The predicted octanol–water partition coefficient (Wildman–Crippen LogP) is 2.57. The number of rotatable bonds is 4. The third-order valence-electron chi connectivity index (χ3n) is 4.42. The Labute approximate surface area is 152 Å². The average Bonchev–Trinajstić information content (AvgIpc) is 2.62. The maximum atomic E-state index is 13.8. The Balaban J connectivity index is 1.64. The summed E-state index contributed by atoms with van der Waals surface area (Å²) in [7, 11) is -3.89. The van der Waals surface area contributed by atoms with Crippen LogP contribution in [-0.2, 0) is 14.8 Å². The van der Waals surface area contributed by atoms with Gasteiger partial charge in [-0.1, -0.05) is 18.2 Å². The molecule has 0 saturated carbocycles. The molecule has 2 aromatic rings. The van der Waals surface area contributed by atoms with Gasteiger partial charge in [-0.25, -0.2) is 17.8 Å². The van der Waals surface area contributed by atoms with E-state index < -0.39 is 15.8 Å². The number of nitrogens with one attached hydrogen (secondary N) is 1. The first kappa shape index (κ1) is 18.5. The van der Waals surface area contributed by atoms with Crippen LogP contribution >= 0.6 is 0 Å². The molecule has 6 nitrogen and oxygen atoms in total. The number of aromatic nitrogens is 1. The molecule has 1 aromatic heterocycles. The number of carbonyl (C=O) groups excluding carboxylic acids is 1. The largest absolute Gasteiger partial charge is 0.310 e. The lowest BCUT2D eigenvalue weighted by molar-refractivity contribution is -0.120. The quantitative estimate of drug-likeness (QED) is 0.888. The number of aryl methyl sites for hydroxylation is 1. The predicted molar refractivity (Wildman–Crippen MR) is 95.5 cm³/mol. The number of amides is 1. The normalized spacial score (nSPS) is 16.4. The van der Waals surface area contributed by atoms with Crippen molar-refractivity contribution in [2.24, 2.45) is 5.92 Å². The molecule has 3 rings (SSSR count). The molecule has 1 aliphatic heterocycles. The summed E-state index contributed by atoms with van der Waals surface area (Å²) in [5.41, 5.74) is 0.800. The van der Waals surface area contributed by atoms with Crippen molar-refractivity contribution in [3.05, 3.63) is 54.0 Å². The zero-order chi connectivity index (χ0) is 18.7. The zero-order valence-corrected chi connectivity index (χ0v) is 15.2. The first-order valence-corrected chi connectivity index (χ1v) is 9.81. The minimum Gasteiger partial charge on any atom is -0.310 e. The molecular formula is C18H20FN3O3S. The van der Waals surface area contributed by atoms with E-state index in [4.69, 9.17) is 0 Å². The van der Waals surface area contributed by atoms with E-state index in [0.717, 1.165) is 11.8 Å². The highest BCUT2D eigenvalue weighted by Gasteiger charge is 2.33. The molecule has 1 amide bonds. The van der Waals surface area contributed by atoms with E-state index in [1.165, 1.54) is 22.5 Å². The highest BCUT2D eigenvalue weighted by atomic mass is 32.2. The third kappa shape index (κ3) is 3.91. The topological polar surface area (TPSA) is 79.4 Å². The fourth-order valence-electron chi connectivity index (χ4n) is 2.99. The van der Waals surface area contributed by atoms with Crippen molar-refractivity contribution in [3.8, 4) is 0 Å². The van der Waals surface area contributed by atoms with Crippen LogP contribution in [0.2, 0.25) is 0 Å². The van der Waals surface area contributed by atoms with E-state index in [9.17, 15) is 17.6 Å². The van der Waals surface area contributed by atoms with Crippen molar-refractivity contribution in [1.82, 2.24) is 9.29 Å². The van der Waals surface area contributed by atoms with E-state index in [1.807, 2.05) is 19.1 Å². The number of piperidine rings is 1. The number of benzene rings is 1. The number of anilines is 1. The molecule has 0 aliphatic carbocycles. The van der Waals surface area contributed by atoms with Crippen molar-refractivity contribution in [2.75, 3.05) is 18.4 Å². The smallest absolute Gasteiger partial charge is 0.245 e. The first-order chi connectivity index (χ1) is 12.4. The molecule has 1 aliphatic rings. The summed E-state index contributed by atoms with van der Waals surface area (Å²) in [6, 6.07) is 10.7. The van der Waals surface area contributed by atoms with Crippen molar-refractivity contribution < 1.29 is 17.6 Å². The molecule has 0 radical (unpaired) electrons. The van der Waals surface area contributed by atoms with Crippen LogP contribution in [0.3, 0.4) is 0 Å². The fourth-order valence-corrected chi connectivity index (χ4v) is 4.53. The van der Waals surface area contributed by atoms with Crippen molar-refractivity contribution >= 4 is 21.7 Å². The second-order valence-corrected chi connectivity index (χ2v) is 8.17. The lowest BCUT2D eigenvalue weighted by Gasteiger charge is -2.30. The highest BCUT2D eigenvalue weighted by molar-refractivity contribution is 7.89. The molecule has 138 valence electrons. The van der Waals surface area contributed by atoms with Crippen molar-refractivity contribution in [3.63, 3.8) is 0 Å². The Morgan fingerprint density at radius 2 is 1.85 bits per heavy atom. The van der Waals surface area contributed by atoms with Gasteiger partial charge in [0.15, 0.2) is 0 Å². The molecule has 1 fully saturated rings. The molecule has 1 saturated heterocycles. The van der Waals surface area contributed by atoms with Gasteiger partial charge in [-0.15, -0.1) is 0 Å². The van der Waals surface area contributed by atoms with Gasteiger partial charge in [-0.05, 0) is 44.0 Å². The lowest BCUT2D eigenvalue weighted by Crippen LogP contribution is -2.41. The minimum atomic E-state index is -3.89. The third-order valence-corrected chi connectivity index (χ3v) is 6.35. The van der Waals surface area contributed by atoms with Crippen molar-refractivity contribution in [2.45, 2.75) is 24.7 Å². The molecular weight excluding hydrogens is 357 g/mol. The number of hydrogen-bond acceptors (Lipinski definition) is 4.